The van der Waals surface area contributed by atoms with Crippen LogP contribution in [0.4, 0.5) is 0 Å². The monoisotopic (exact) mass is 296 g/mol. The van der Waals surface area contributed by atoms with Crippen LogP contribution in [0.2, 0.25) is 0 Å². The van der Waals surface area contributed by atoms with Gasteiger partial charge in [-0.25, -0.2) is 0 Å². The average molecular weight is 296 g/mol. The summed E-state index contributed by atoms with van der Waals surface area (Å²) in [6.07, 6.45) is -9.21. The first-order valence-electron chi connectivity index (χ1n) is 6.28. The van der Waals surface area contributed by atoms with Crippen molar-refractivity contribution in [3.8, 4) is 0 Å². The van der Waals surface area contributed by atoms with Crippen LogP contribution in [-0.4, -0.2) is 95.1 Å². The van der Waals surface area contributed by atoms with Crippen LogP contribution in [0.15, 0.2) is 0 Å². The van der Waals surface area contributed by atoms with Gasteiger partial charge in [0.05, 0.1) is 13.2 Å². The van der Waals surface area contributed by atoms with Crippen molar-refractivity contribution in [3.63, 3.8) is 0 Å². The normalized spacial score (nSPS) is 49.5. The zero-order valence-corrected chi connectivity index (χ0v) is 10.9. The Hall–Kier alpha value is -0.360. The minimum atomic E-state index is -1.44. The zero-order chi connectivity index (χ0) is 14.9. The second kappa shape index (κ2) is 6.60. The third kappa shape index (κ3) is 2.96. The van der Waals surface area contributed by atoms with Gasteiger partial charge in [-0.2, -0.15) is 0 Å². The van der Waals surface area contributed by atoms with Crippen LogP contribution in [0.5, 0.6) is 0 Å². The number of ether oxygens (including phenoxy) is 4. The van der Waals surface area contributed by atoms with E-state index in [9.17, 15) is 20.4 Å². The molecule has 2 rings (SSSR count). The lowest BCUT2D eigenvalue weighted by Gasteiger charge is -2.38. The van der Waals surface area contributed by atoms with Gasteiger partial charge in [-0.1, -0.05) is 0 Å². The van der Waals surface area contributed by atoms with E-state index < -0.39 is 55.8 Å². The largest absolute Gasteiger partial charge is 0.394 e. The predicted octanol–water partition coefficient (Wildman–Crippen LogP) is -3.46. The molecule has 2 fully saturated rings. The van der Waals surface area contributed by atoms with Crippen LogP contribution < -0.4 is 0 Å². The summed E-state index contributed by atoms with van der Waals surface area (Å²) in [6.45, 7) is -0.645. The van der Waals surface area contributed by atoms with E-state index in [0.29, 0.717) is 0 Å². The van der Waals surface area contributed by atoms with Gasteiger partial charge in [-0.15, -0.1) is 0 Å². The Balaban J connectivity index is 2.01. The number of aliphatic hydroxyl groups is 5. The first-order valence-corrected chi connectivity index (χ1v) is 6.28. The standard InChI is InChI=1S/C11H20O9/c1-17-9-6(14)4(13)3-18-11(9)20-8-7(15)5(2-12)19-10(8)16/h4-16H,2-3H2,1H3/t4-,5+,6+,7+,8-,9-,10-,11+/m1/s1. The summed E-state index contributed by atoms with van der Waals surface area (Å²) in [4.78, 5) is 0. The third-order valence-electron chi connectivity index (χ3n) is 3.49. The molecule has 118 valence electrons. The van der Waals surface area contributed by atoms with Gasteiger partial charge < -0.3 is 44.5 Å². The van der Waals surface area contributed by atoms with E-state index in [4.69, 9.17) is 24.1 Å². The van der Waals surface area contributed by atoms with E-state index >= 15 is 0 Å². The quantitative estimate of drug-likeness (QED) is 0.358. The number of aliphatic hydroxyl groups excluding tert-OH is 5. The minimum Gasteiger partial charge on any atom is -0.394 e. The van der Waals surface area contributed by atoms with Crippen LogP contribution in [-0.2, 0) is 18.9 Å². The van der Waals surface area contributed by atoms with E-state index in [0.717, 1.165) is 0 Å². The molecule has 8 atom stereocenters. The maximum atomic E-state index is 9.85. The van der Waals surface area contributed by atoms with Gasteiger partial charge in [0.2, 0.25) is 0 Å². The van der Waals surface area contributed by atoms with Gasteiger partial charge in [0.15, 0.2) is 12.6 Å². The molecular weight excluding hydrogens is 276 g/mol. The first-order chi connectivity index (χ1) is 9.49. The molecule has 0 aliphatic carbocycles. The van der Waals surface area contributed by atoms with Gasteiger partial charge in [-0.05, 0) is 0 Å². The fourth-order valence-electron chi connectivity index (χ4n) is 2.30. The lowest BCUT2D eigenvalue weighted by molar-refractivity contribution is -0.304. The van der Waals surface area contributed by atoms with Gasteiger partial charge >= 0.3 is 0 Å². The van der Waals surface area contributed by atoms with E-state index in [1.54, 1.807) is 0 Å². The van der Waals surface area contributed by atoms with Crippen LogP contribution in [0.1, 0.15) is 0 Å². The second-order valence-electron chi connectivity index (χ2n) is 4.80. The Morgan fingerprint density at radius 3 is 2.35 bits per heavy atom. The van der Waals surface area contributed by atoms with E-state index in [1.165, 1.54) is 7.11 Å². The maximum absolute atomic E-state index is 9.85. The Morgan fingerprint density at radius 1 is 1.10 bits per heavy atom. The molecule has 20 heavy (non-hydrogen) atoms. The van der Waals surface area contributed by atoms with Crippen LogP contribution >= 0.6 is 0 Å². The van der Waals surface area contributed by atoms with Crippen molar-refractivity contribution in [2.45, 2.75) is 49.2 Å². The fraction of sp³-hybridized carbons (Fsp3) is 1.00. The number of methoxy groups -OCH3 is 1. The van der Waals surface area contributed by atoms with Crippen molar-refractivity contribution in [2.75, 3.05) is 20.3 Å². The minimum absolute atomic E-state index is 0.172. The Labute approximate surface area is 115 Å². The molecule has 5 N–H and O–H groups in total. The summed E-state index contributed by atoms with van der Waals surface area (Å²) in [5.41, 5.74) is 0. The average Bonchev–Trinajstić information content (AvgIpc) is 2.70. The highest BCUT2D eigenvalue weighted by Gasteiger charge is 2.48. The molecule has 0 aromatic rings. The molecule has 0 aromatic heterocycles. The van der Waals surface area contributed by atoms with Crippen LogP contribution in [0.3, 0.4) is 0 Å². The maximum Gasteiger partial charge on any atom is 0.187 e. The summed E-state index contributed by atoms with van der Waals surface area (Å²) in [7, 11) is 1.31. The van der Waals surface area contributed by atoms with Crippen molar-refractivity contribution >= 4 is 0 Å². The fourth-order valence-corrected chi connectivity index (χ4v) is 2.30. The molecule has 0 radical (unpaired) electrons. The van der Waals surface area contributed by atoms with Crippen molar-refractivity contribution in [2.24, 2.45) is 0 Å². The third-order valence-corrected chi connectivity index (χ3v) is 3.49. The highest BCUT2D eigenvalue weighted by molar-refractivity contribution is 4.90. The molecule has 0 amide bonds. The summed E-state index contributed by atoms with van der Waals surface area (Å²) in [5, 5.41) is 47.7. The topological polar surface area (TPSA) is 138 Å². The van der Waals surface area contributed by atoms with E-state index in [1.807, 2.05) is 0 Å². The predicted molar refractivity (Wildman–Crippen MR) is 61.4 cm³/mol. The van der Waals surface area contributed by atoms with Crippen molar-refractivity contribution in [1.82, 2.24) is 0 Å². The van der Waals surface area contributed by atoms with E-state index in [-0.39, 0.29) is 6.61 Å². The number of rotatable bonds is 4. The highest BCUT2D eigenvalue weighted by Crippen LogP contribution is 2.27. The van der Waals surface area contributed by atoms with Gasteiger partial charge in [-0.3, -0.25) is 0 Å². The molecule has 2 saturated heterocycles. The van der Waals surface area contributed by atoms with Gasteiger partial charge in [0.25, 0.3) is 0 Å². The SMILES string of the molecule is CO[C@H]1[C@H](O[C@@H]2[C@@H](O)[C@H](CO)O[C@H]2O)OC[C@@H](O)[C@@H]1O. The van der Waals surface area contributed by atoms with Crippen LogP contribution in [0.25, 0.3) is 0 Å². The van der Waals surface area contributed by atoms with Gasteiger partial charge in [0.1, 0.15) is 36.6 Å². The second-order valence-corrected chi connectivity index (χ2v) is 4.80. The van der Waals surface area contributed by atoms with Crippen molar-refractivity contribution < 1.29 is 44.5 Å². The smallest absolute Gasteiger partial charge is 0.187 e. The molecular formula is C11H20O9. The Bertz CT molecular complexity index is 314. The van der Waals surface area contributed by atoms with Gasteiger partial charge in [0, 0.05) is 7.11 Å². The molecule has 2 heterocycles. The molecule has 0 saturated carbocycles. The van der Waals surface area contributed by atoms with E-state index in [2.05, 4.69) is 0 Å². The lowest BCUT2D eigenvalue weighted by atomic mass is 10.0. The number of hydrogen-bond donors (Lipinski definition) is 5. The van der Waals surface area contributed by atoms with Crippen molar-refractivity contribution in [3.05, 3.63) is 0 Å². The molecule has 2 aliphatic rings. The molecule has 2 aliphatic heterocycles. The Morgan fingerprint density at radius 2 is 1.80 bits per heavy atom. The Kier molecular flexibility index (Phi) is 5.29. The zero-order valence-electron chi connectivity index (χ0n) is 10.9. The number of hydrogen-bond acceptors (Lipinski definition) is 9. The summed E-state index contributed by atoms with van der Waals surface area (Å²) >= 11 is 0. The molecule has 9 heteroatoms. The van der Waals surface area contributed by atoms with Crippen LogP contribution in [0, 0.1) is 0 Å². The first kappa shape index (κ1) is 16.0. The molecule has 0 bridgehead atoms. The molecule has 9 nitrogen and oxygen atoms in total. The molecule has 0 spiro atoms. The summed E-state index contributed by atoms with van der Waals surface area (Å²) in [5.74, 6) is 0. The summed E-state index contributed by atoms with van der Waals surface area (Å²) in [6, 6.07) is 0. The lowest BCUT2D eigenvalue weighted by Crippen LogP contribution is -2.56. The van der Waals surface area contributed by atoms with Crippen molar-refractivity contribution in [1.29, 1.82) is 0 Å². The summed E-state index contributed by atoms with van der Waals surface area (Å²) < 4.78 is 20.5. The molecule has 0 unspecified atom stereocenters. The highest BCUT2D eigenvalue weighted by atomic mass is 16.7. The molecule has 0 aromatic carbocycles.